The fraction of sp³-hybridized carbons (Fsp3) is 0.385. The van der Waals surface area contributed by atoms with Crippen molar-refractivity contribution < 1.29 is 9.18 Å². The van der Waals surface area contributed by atoms with Crippen LogP contribution in [0.3, 0.4) is 0 Å². The Morgan fingerprint density at radius 3 is 3.10 bits per heavy atom. The Hall–Kier alpha value is -2.31. The van der Waals surface area contributed by atoms with Crippen LogP contribution in [0.2, 0.25) is 0 Å². The second-order valence-electron chi connectivity index (χ2n) is 4.75. The number of nitrogens with zero attached hydrogens (tertiary/aromatic N) is 4. The van der Waals surface area contributed by atoms with Crippen LogP contribution in [0.5, 0.6) is 0 Å². The third-order valence-corrected chi connectivity index (χ3v) is 3.30. The van der Waals surface area contributed by atoms with Crippen LogP contribution in [0, 0.1) is 5.82 Å². The zero-order chi connectivity index (χ0) is 13.9. The minimum absolute atomic E-state index is 0.0920. The molecule has 1 aliphatic heterocycles. The lowest BCUT2D eigenvalue weighted by molar-refractivity contribution is -0.124. The van der Waals surface area contributed by atoms with Gasteiger partial charge in [-0.25, -0.2) is 4.39 Å². The van der Waals surface area contributed by atoms with Gasteiger partial charge in [0.1, 0.15) is 5.82 Å². The van der Waals surface area contributed by atoms with Crippen molar-refractivity contribution in [2.75, 3.05) is 6.54 Å². The van der Waals surface area contributed by atoms with Crippen LogP contribution in [-0.2, 0) is 4.79 Å². The first-order valence-corrected chi connectivity index (χ1v) is 6.57. The number of aromatic nitrogens is 4. The van der Waals surface area contributed by atoms with Crippen LogP contribution in [0.25, 0.3) is 11.4 Å². The SMILES string of the molecule is O=C1NCCCC[C@H]1n1nnc(-c2cccc(F)c2)n1. The highest BCUT2D eigenvalue weighted by molar-refractivity contribution is 5.80. The highest BCUT2D eigenvalue weighted by Gasteiger charge is 2.25. The summed E-state index contributed by atoms with van der Waals surface area (Å²) in [6.45, 7) is 0.681. The van der Waals surface area contributed by atoms with E-state index >= 15 is 0 Å². The lowest BCUT2D eigenvalue weighted by atomic mass is 10.1. The molecule has 1 atom stereocenters. The zero-order valence-corrected chi connectivity index (χ0v) is 10.8. The molecule has 1 fully saturated rings. The maximum Gasteiger partial charge on any atom is 0.246 e. The molecule has 6 nitrogen and oxygen atoms in total. The van der Waals surface area contributed by atoms with Gasteiger partial charge in [-0.15, -0.1) is 10.2 Å². The average molecular weight is 275 g/mol. The second kappa shape index (κ2) is 5.36. The molecule has 0 saturated carbocycles. The van der Waals surface area contributed by atoms with Gasteiger partial charge in [-0.3, -0.25) is 4.79 Å². The van der Waals surface area contributed by atoms with E-state index in [4.69, 9.17) is 0 Å². The van der Waals surface area contributed by atoms with Gasteiger partial charge in [0.25, 0.3) is 0 Å². The predicted molar refractivity (Wildman–Crippen MR) is 69.1 cm³/mol. The van der Waals surface area contributed by atoms with Crippen molar-refractivity contribution in [3.8, 4) is 11.4 Å². The number of benzene rings is 1. The molecule has 7 heteroatoms. The summed E-state index contributed by atoms with van der Waals surface area (Å²) in [7, 11) is 0. The molecule has 0 spiro atoms. The lowest BCUT2D eigenvalue weighted by Crippen LogP contribution is -2.32. The molecule has 1 amide bonds. The molecule has 3 rings (SSSR count). The van der Waals surface area contributed by atoms with Crippen molar-refractivity contribution in [1.29, 1.82) is 0 Å². The molecule has 2 aromatic rings. The Bertz CT molecular complexity index is 627. The van der Waals surface area contributed by atoms with Crippen LogP contribution in [-0.4, -0.2) is 32.7 Å². The Kier molecular flexibility index (Phi) is 3.41. The number of rotatable bonds is 2. The summed E-state index contributed by atoms with van der Waals surface area (Å²) in [5.74, 6) is -0.127. The lowest BCUT2D eigenvalue weighted by Gasteiger charge is -2.10. The van der Waals surface area contributed by atoms with Crippen molar-refractivity contribution in [3.05, 3.63) is 30.1 Å². The molecule has 1 aromatic carbocycles. The average Bonchev–Trinajstić information content (AvgIpc) is 2.82. The van der Waals surface area contributed by atoms with Crippen molar-refractivity contribution in [2.24, 2.45) is 0 Å². The van der Waals surface area contributed by atoms with Crippen molar-refractivity contribution in [2.45, 2.75) is 25.3 Å². The van der Waals surface area contributed by atoms with Gasteiger partial charge in [0, 0.05) is 12.1 Å². The Morgan fingerprint density at radius 1 is 1.35 bits per heavy atom. The molecule has 0 aliphatic carbocycles. The smallest absolute Gasteiger partial charge is 0.246 e. The van der Waals surface area contributed by atoms with E-state index in [0.29, 0.717) is 24.4 Å². The molecule has 1 saturated heterocycles. The molecular weight excluding hydrogens is 261 g/mol. The summed E-state index contributed by atoms with van der Waals surface area (Å²) in [5.41, 5.74) is 0.547. The van der Waals surface area contributed by atoms with Gasteiger partial charge in [0.2, 0.25) is 11.7 Å². The van der Waals surface area contributed by atoms with E-state index in [1.165, 1.54) is 16.9 Å². The molecule has 104 valence electrons. The fourth-order valence-electron chi connectivity index (χ4n) is 2.24. The Labute approximate surface area is 115 Å². The van der Waals surface area contributed by atoms with E-state index in [2.05, 4.69) is 20.7 Å². The number of nitrogens with one attached hydrogen (secondary N) is 1. The molecule has 0 bridgehead atoms. The summed E-state index contributed by atoms with van der Waals surface area (Å²) >= 11 is 0. The topological polar surface area (TPSA) is 72.7 Å². The van der Waals surface area contributed by atoms with Gasteiger partial charge in [0.05, 0.1) is 0 Å². The van der Waals surface area contributed by atoms with Crippen molar-refractivity contribution in [3.63, 3.8) is 0 Å². The van der Waals surface area contributed by atoms with Crippen LogP contribution in [0.4, 0.5) is 4.39 Å². The van der Waals surface area contributed by atoms with Gasteiger partial charge < -0.3 is 5.32 Å². The maximum atomic E-state index is 13.2. The number of hydrogen-bond donors (Lipinski definition) is 1. The molecule has 0 unspecified atom stereocenters. The fourth-order valence-corrected chi connectivity index (χ4v) is 2.24. The number of carbonyl (C=O) groups excluding carboxylic acids is 1. The van der Waals surface area contributed by atoms with Crippen molar-refractivity contribution >= 4 is 5.91 Å². The third kappa shape index (κ3) is 2.52. The normalized spacial score (nSPS) is 19.4. The number of hydrogen-bond acceptors (Lipinski definition) is 4. The zero-order valence-electron chi connectivity index (χ0n) is 10.8. The van der Waals surface area contributed by atoms with Gasteiger partial charge >= 0.3 is 0 Å². The molecular formula is C13H14FN5O. The quantitative estimate of drug-likeness (QED) is 0.897. The first-order valence-electron chi connectivity index (χ1n) is 6.57. The minimum atomic E-state index is -0.438. The first-order chi connectivity index (χ1) is 9.74. The van der Waals surface area contributed by atoms with E-state index in [-0.39, 0.29) is 11.7 Å². The Morgan fingerprint density at radius 2 is 2.25 bits per heavy atom. The highest BCUT2D eigenvalue weighted by Crippen LogP contribution is 2.19. The summed E-state index contributed by atoms with van der Waals surface area (Å²) in [6, 6.07) is 5.55. The molecule has 20 heavy (non-hydrogen) atoms. The number of halogens is 1. The molecule has 0 radical (unpaired) electrons. The second-order valence-corrected chi connectivity index (χ2v) is 4.75. The Balaban J connectivity index is 1.87. The van der Waals surface area contributed by atoms with Gasteiger partial charge in [-0.1, -0.05) is 12.1 Å². The number of tetrazole rings is 1. The van der Waals surface area contributed by atoms with Crippen LogP contribution >= 0.6 is 0 Å². The van der Waals surface area contributed by atoms with Gasteiger partial charge in [-0.05, 0) is 36.6 Å². The monoisotopic (exact) mass is 275 g/mol. The summed E-state index contributed by atoms with van der Waals surface area (Å²) in [4.78, 5) is 13.2. The molecule has 2 heterocycles. The number of amides is 1. The van der Waals surface area contributed by atoms with E-state index in [1.54, 1.807) is 12.1 Å². The largest absolute Gasteiger partial charge is 0.354 e. The molecule has 1 N–H and O–H groups in total. The van der Waals surface area contributed by atoms with E-state index in [0.717, 1.165) is 12.8 Å². The van der Waals surface area contributed by atoms with Crippen molar-refractivity contribution in [1.82, 2.24) is 25.5 Å². The summed E-state index contributed by atoms with van der Waals surface area (Å²) in [6.07, 6.45) is 2.57. The highest BCUT2D eigenvalue weighted by atomic mass is 19.1. The van der Waals surface area contributed by atoms with E-state index in [9.17, 15) is 9.18 Å². The van der Waals surface area contributed by atoms with Crippen LogP contribution in [0.15, 0.2) is 24.3 Å². The molecule has 1 aromatic heterocycles. The number of carbonyl (C=O) groups is 1. The summed E-state index contributed by atoms with van der Waals surface area (Å²) in [5, 5.41) is 14.9. The van der Waals surface area contributed by atoms with Crippen LogP contribution < -0.4 is 5.32 Å². The van der Waals surface area contributed by atoms with Gasteiger partial charge in [0.15, 0.2) is 6.04 Å². The predicted octanol–water partition coefficient (Wildman–Crippen LogP) is 1.32. The standard InChI is InChI=1S/C13H14FN5O/c14-10-5-3-4-9(8-10)12-16-18-19(17-12)11-6-1-2-7-15-13(11)20/h3-5,8,11H,1-2,6-7H2,(H,15,20)/t11-/m1/s1. The third-order valence-electron chi connectivity index (χ3n) is 3.30. The minimum Gasteiger partial charge on any atom is -0.354 e. The molecule has 1 aliphatic rings. The van der Waals surface area contributed by atoms with E-state index in [1.807, 2.05) is 0 Å². The first kappa shape index (κ1) is 12.7. The summed E-state index contributed by atoms with van der Waals surface area (Å²) < 4.78 is 13.2. The van der Waals surface area contributed by atoms with E-state index < -0.39 is 6.04 Å². The van der Waals surface area contributed by atoms with Crippen LogP contribution in [0.1, 0.15) is 25.3 Å². The van der Waals surface area contributed by atoms with Gasteiger partial charge in [-0.2, -0.15) is 4.80 Å². The maximum absolute atomic E-state index is 13.2.